The van der Waals surface area contributed by atoms with Crippen LogP contribution >= 0.6 is 0 Å². The van der Waals surface area contributed by atoms with Crippen LogP contribution in [0.1, 0.15) is 25.3 Å². The number of rotatable bonds is 4. The minimum Gasteiger partial charge on any atom is -0.392 e. The monoisotopic (exact) mass is 302 g/mol. The largest absolute Gasteiger partial charge is 0.392 e. The molecule has 0 radical (unpaired) electrons. The van der Waals surface area contributed by atoms with E-state index >= 15 is 0 Å². The highest BCUT2D eigenvalue weighted by Crippen LogP contribution is 2.62. The van der Waals surface area contributed by atoms with E-state index in [0.717, 1.165) is 18.4 Å². The Morgan fingerprint density at radius 3 is 2.82 bits per heavy atom. The second kappa shape index (κ2) is 4.64. The Balaban J connectivity index is 1.53. The zero-order chi connectivity index (χ0) is 15.4. The molecule has 0 N–H and O–H groups in total. The Bertz CT molecular complexity index is 627. The van der Waals surface area contributed by atoms with Crippen molar-refractivity contribution in [2.24, 2.45) is 11.3 Å². The summed E-state index contributed by atoms with van der Waals surface area (Å²) in [5.41, 5.74) is -0.581. The van der Waals surface area contributed by atoms with E-state index in [1.54, 1.807) is 6.92 Å². The maximum absolute atomic E-state index is 12.2. The normalized spacial score (nSPS) is 39.1. The first-order chi connectivity index (χ1) is 10.6. The molecule has 3 aliphatic heterocycles. The maximum atomic E-state index is 12.2. The molecule has 0 aromatic heterocycles. The van der Waals surface area contributed by atoms with Gasteiger partial charge in [0.1, 0.15) is 16.9 Å². The molecule has 3 saturated heterocycles. The van der Waals surface area contributed by atoms with Gasteiger partial charge in [-0.25, -0.2) is 0 Å². The van der Waals surface area contributed by atoms with Crippen LogP contribution in [-0.2, 0) is 30.4 Å². The zero-order valence-corrected chi connectivity index (χ0v) is 12.4. The quantitative estimate of drug-likeness (QED) is 0.627. The number of benzene rings is 1. The number of cyclic esters (lactones) is 2. The summed E-state index contributed by atoms with van der Waals surface area (Å²) in [5, 5.41) is 0. The third-order valence-electron chi connectivity index (χ3n) is 5.47. The molecule has 116 valence electrons. The fourth-order valence-electron chi connectivity index (χ4n) is 4.18. The lowest BCUT2D eigenvalue weighted by Gasteiger charge is -2.37. The van der Waals surface area contributed by atoms with Gasteiger partial charge in [0.2, 0.25) is 0 Å². The van der Waals surface area contributed by atoms with Crippen molar-refractivity contribution in [1.29, 1.82) is 0 Å². The molecule has 1 aromatic rings. The first kappa shape index (κ1) is 13.9. The lowest BCUT2D eigenvalue weighted by Crippen LogP contribution is -2.52. The number of carbonyl (C=O) groups excluding carboxylic acids is 2. The Kier molecular flexibility index (Phi) is 2.93. The first-order valence-electron chi connectivity index (χ1n) is 7.62. The summed E-state index contributed by atoms with van der Waals surface area (Å²) in [6.45, 7) is 2.55. The van der Waals surface area contributed by atoms with Gasteiger partial charge in [0.25, 0.3) is 0 Å². The van der Waals surface area contributed by atoms with E-state index in [-0.39, 0.29) is 6.10 Å². The van der Waals surface area contributed by atoms with E-state index < -0.39 is 28.9 Å². The third kappa shape index (κ3) is 1.66. The summed E-state index contributed by atoms with van der Waals surface area (Å²) in [7, 11) is 0. The first-order valence-corrected chi connectivity index (χ1v) is 7.62. The molecule has 3 aliphatic rings. The van der Waals surface area contributed by atoms with Crippen molar-refractivity contribution in [3.8, 4) is 0 Å². The summed E-state index contributed by atoms with van der Waals surface area (Å²) in [4.78, 5) is 24.2. The van der Waals surface area contributed by atoms with Crippen molar-refractivity contribution < 1.29 is 23.8 Å². The van der Waals surface area contributed by atoms with E-state index in [2.05, 4.69) is 0 Å². The van der Waals surface area contributed by atoms with E-state index in [4.69, 9.17) is 14.2 Å². The second-order valence-electron chi connectivity index (χ2n) is 6.56. The molecule has 0 unspecified atom stereocenters. The second-order valence-corrected chi connectivity index (χ2v) is 6.56. The van der Waals surface area contributed by atoms with E-state index in [1.807, 2.05) is 30.3 Å². The molecular weight excluding hydrogens is 284 g/mol. The maximum Gasteiger partial charge on any atom is 0.323 e. The summed E-state index contributed by atoms with van der Waals surface area (Å²) in [6, 6.07) is 9.85. The highest BCUT2D eigenvalue weighted by molar-refractivity contribution is 6.01. The molecule has 2 bridgehead atoms. The molecule has 0 amide bonds. The van der Waals surface area contributed by atoms with Gasteiger partial charge in [-0.3, -0.25) is 9.59 Å². The van der Waals surface area contributed by atoms with Crippen LogP contribution in [0.2, 0.25) is 0 Å². The van der Waals surface area contributed by atoms with Gasteiger partial charge >= 0.3 is 11.9 Å². The van der Waals surface area contributed by atoms with Gasteiger partial charge < -0.3 is 14.2 Å². The van der Waals surface area contributed by atoms with Crippen LogP contribution in [0.3, 0.4) is 0 Å². The van der Waals surface area contributed by atoms with Gasteiger partial charge in [-0.1, -0.05) is 30.3 Å². The number of carbonyl (C=O) groups is 2. The Morgan fingerprint density at radius 2 is 2.05 bits per heavy atom. The molecule has 5 heteroatoms. The zero-order valence-electron chi connectivity index (χ0n) is 12.4. The SMILES string of the molecule is C[C@@]12C(=O)OC(=O)[C@@H]1[C@H]1CC[C@]2(COCc2ccccc2)O1. The summed E-state index contributed by atoms with van der Waals surface area (Å²) in [5.74, 6) is -1.38. The average Bonchev–Trinajstić information content (AvgIpc) is 3.10. The van der Waals surface area contributed by atoms with Gasteiger partial charge in [0.05, 0.1) is 19.3 Å². The van der Waals surface area contributed by atoms with Crippen LogP contribution in [0.5, 0.6) is 0 Å². The van der Waals surface area contributed by atoms with Crippen molar-refractivity contribution in [2.45, 2.75) is 38.1 Å². The molecule has 22 heavy (non-hydrogen) atoms. The van der Waals surface area contributed by atoms with Gasteiger partial charge in [0, 0.05) is 0 Å². The lowest BCUT2D eigenvalue weighted by molar-refractivity contribution is -0.167. The average molecular weight is 302 g/mol. The molecule has 3 heterocycles. The van der Waals surface area contributed by atoms with Crippen molar-refractivity contribution >= 4 is 11.9 Å². The van der Waals surface area contributed by atoms with Gasteiger partial charge in [-0.05, 0) is 25.3 Å². The summed E-state index contributed by atoms with van der Waals surface area (Å²) >= 11 is 0. The molecule has 0 aliphatic carbocycles. The van der Waals surface area contributed by atoms with Crippen molar-refractivity contribution in [2.75, 3.05) is 6.61 Å². The molecular formula is C17H18O5. The predicted molar refractivity (Wildman–Crippen MR) is 75.6 cm³/mol. The fourth-order valence-corrected chi connectivity index (χ4v) is 4.18. The van der Waals surface area contributed by atoms with Crippen LogP contribution in [0.15, 0.2) is 30.3 Å². The molecule has 3 fully saturated rings. The molecule has 1 aromatic carbocycles. The highest BCUT2D eigenvalue weighted by Gasteiger charge is 2.76. The van der Waals surface area contributed by atoms with E-state index in [1.165, 1.54) is 0 Å². The van der Waals surface area contributed by atoms with Crippen LogP contribution in [0.4, 0.5) is 0 Å². The Labute approximate surface area is 128 Å². The van der Waals surface area contributed by atoms with E-state index in [9.17, 15) is 9.59 Å². The number of ether oxygens (including phenoxy) is 3. The van der Waals surface area contributed by atoms with Gasteiger partial charge in [-0.15, -0.1) is 0 Å². The lowest BCUT2D eigenvalue weighted by atomic mass is 9.62. The number of esters is 2. The number of hydrogen-bond acceptors (Lipinski definition) is 5. The Morgan fingerprint density at radius 1 is 1.27 bits per heavy atom. The minimum absolute atomic E-state index is 0.218. The van der Waals surface area contributed by atoms with Crippen molar-refractivity contribution in [3.63, 3.8) is 0 Å². The number of hydrogen-bond donors (Lipinski definition) is 0. The summed E-state index contributed by atoms with van der Waals surface area (Å²) in [6.07, 6.45) is 1.28. The van der Waals surface area contributed by atoms with Crippen LogP contribution in [0, 0.1) is 11.3 Å². The molecule has 5 nitrogen and oxygen atoms in total. The highest BCUT2D eigenvalue weighted by atomic mass is 16.6. The smallest absolute Gasteiger partial charge is 0.323 e. The summed E-state index contributed by atoms with van der Waals surface area (Å²) < 4.78 is 16.8. The van der Waals surface area contributed by atoms with Crippen LogP contribution < -0.4 is 0 Å². The van der Waals surface area contributed by atoms with Crippen LogP contribution in [0.25, 0.3) is 0 Å². The fraction of sp³-hybridized carbons (Fsp3) is 0.529. The van der Waals surface area contributed by atoms with Gasteiger partial charge in [0.15, 0.2) is 0 Å². The Hall–Kier alpha value is -1.72. The number of fused-ring (bicyclic) bond motifs is 5. The molecule has 4 atom stereocenters. The molecule has 4 rings (SSSR count). The van der Waals surface area contributed by atoms with Crippen molar-refractivity contribution in [3.05, 3.63) is 35.9 Å². The predicted octanol–water partition coefficient (Wildman–Crippen LogP) is 1.84. The third-order valence-corrected chi connectivity index (χ3v) is 5.47. The van der Waals surface area contributed by atoms with Crippen molar-refractivity contribution in [1.82, 2.24) is 0 Å². The van der Waals surface area contributed by atoms with Gasteiger partial charge in [-0.2, -0.15) is 0 Å². The molecule has 0 spiro atoms. The van der Waals surface area contributed by atoms with E-state index in [0.29, 0.717) is 13.2 Å². The standard InChI is InChI=1S/C17H18O5/c1-16-13(14(18)21-15(16)19)12-7-8-17(16,22-12)10-20-9-11-5-3-2-4-6-11/h2-6,12-13H,7-10H2,1H3/t12-,13+,16+,17-/m1/s1. The minimum atomic E-state index is -0.913. The molecule has 0 saturated carbocycles. The van der Waals surface area contributed by atoms with Crippen LogP contribution in [-0.4, -0.2) is 30.3 Å². The topological polar surface area (TPSA) is 61.8 Å².